The molecule has 0 amide bonds. The lowest BCUT2D eigenvalue weighted by Gasteiger charge is -2.30. The second kappa shape index (κ2) is 48.9. The summed E-state index contributed by atoms with van der Waals surface area (Å²) >= 11 is 17.2. The van der Waals surface area contributed by atoms with Crippen LogP contribution in [0.2, 0.25) is 0 Å². The summed E-state index contributed by atoms with van der Waals surface area (Å²) in [5, 5.41) is 11.9. The van der Waals surface area contributed by atoms with Crippen LogP contribution in [0.3, 0.4) is 0 Å². The third kappa shape index (κ3) is 27.0. The quantitative estimate of drug-likeness (QED) is 0.0151. The minimum absolute atomic E-state index is 0.00600. The van der Waals surface area contributed by atoms with Gasteiger partial charge in [0.25, 0.3) is 16.7 Å². The molecule has 14 rings (SSSR count). The molecule has 28 atom stereocenters. The van der Waals surface area contributed by atoms with Gasteiger partial charge in [-0.2, -0.15) is 9.97 Å². The van der Waals surface area contributed by atoms with Crippen LogP contribution in [0.1, 0.15) is 85.2 Å². The normalized spacial score (nSPS) is 29.2. The first-order valence-electron chi connectivity index (χ1n) is 44.5. The first-order chi connectivity index (χ1) is 68.9. The molecule has 145 heavy (non-hydrogen) atoms. The van der Waals surface area contributed by atoms with Crippen LogP contribution in [-0.2, 0) is 166 Å². The van der Waals surface area contributed by atoms with E-state index in [1.54, 1.807) is 20.8 Å². The lowest BCUT2D eigenvalue weighted by atomic mass is 10.1. The SMILES string of the molecule is CC[C@H]1O[C@@H](n2cc(C)c(N)nc2=O)CC1OP(O)(=S)OC[C@H]1O[C@@H](n2cc(C)c(=O)[nH]c2=O)[C@@H](OCCOC)C1OP(=O)(O)OC[C@H]1O[C@@H](n2cc(C)c(=O)[nH]c2=O)[C@@H](OCCOC)C1OP(=O)(O)OC[C@H]1O[C@@H](n2cnc3c(N)ncnc32)[C@@H](OCCOC)C1OP(O)(=S)OC[C@H]1O[C@@H](n2cnc3c(=O)[nH]c(C)nc32)[C@@H](OCCOC)C1OP(O)(=S)OC[C@H]1O[C@@H](n2cc(C)c(N)nc2=O)[C@@H](OCCOC)C1O. The highest BCUT2D eigenvalue weighted by Crippen LogP contribution is 2.58. The number of imidazole rings is 2. The number of aromatic nitrogens is 16. The van der Waals surface area contributed by atoms with Gasteiger partial charge in [0, 0.05) is 89.0 Å². The summed E-state index contributed by atoms with van der Waals surface area (Å²) in [6, 6.07) is 0. The highest BCUT2D eigenvalue weighted by Gasteiger charge is 2.59. The molecule has 14 heterocycles. The molecule has 6 saturated heterocycles. The van der Waals surface area contributed by atoms with Crippen molar-refractivity contribution in [1.29, 1.82) is 0 Å². The van der Waals surface area contributed by atoms with Crippen LogP contribution in [0.25, 0.3) is 22.3 Å². The van der Waals surface area contributed by atoms with Gasteiger partial charge in [-0.15, -0.1) is 0 Å². The van der Waals surface area contributed by atoms with Gasteiger partial charge < -0.3 is 146 Å². The van der Waals surface area contributed by atoms with Crippen molar-refractivity contribution in [2.75, 3.05) is 152 Å². The molecule has 15 N–H and O–H groups in total. The van der Waals surface area contributed by atoms with E-state index in [1.165, 1.54) is 95.1 Å². The van der Waals surface area contributed by atoms with Gasteiger partial charge in [-0.05, 0) is 76.5 Å². The Morgan fingerprint density at radius 1 is 0.393 bits per heavy atom. The fraction of sp³-hybridized carbons (Fsp3) is 0.662. The number of H-pyrrole nitrogens is 3. The average molecular weight is 2210 g/mol. The van der Waals surface area contributed by atoms with E-state index in [0.717, 1.165) is 32.4 Å². The van der Waals surface area contributed by atoms with Gasteiger partial charge in [0.2, 0.25) is 0 Å². The third-order valence-corrected chi connectivity index (χ3v) is 30.3. The van der Waals surface area contributed by atoms with E-state index >= 15 is 9.13 Å². The fourth-order valence-corrected chi connectivity index (χ4v) is 22.9. The fourth-order valence-electron chi connectivity index (χ4n) is 16.6. The van der Waals surface area contributed by atoms with Crippen molar-refractivity contribution < 1.29 is 160 Å². The van der Waals surface area contributed by atoms with Crippen molar-refractivity contribution in [3.05, 3.63) is 145 Å². The maximum Gasteiger partial charge on any atom is 0.472 e. The van der Waals surface area contributed by atoms with Crippen molar-refractivity contribution in [3.8, 4) is 0 Å². The van der Waals surface area contributed by atoms with Crippen LogP contribution in [-0.4, -0.2) is 345 Å². The average Bonchev–Trinajstić information content (AvgIpc) is 1.61. The van der Waals surface area contributed by atoms with Crippen molar-refractivity contribution in [2.24, 2.45) is 0 Å². The van der Waals surface area contributed by atoms with Crippen LogP contribution in [0, 0.1) is 34.6 Å². The number of hydrogen-bond acceptors (Lipinski definition) is 49. The number of nitrogens with two attached hydrogens (primary N) is 3. The zero-order chi connectivity index (χ0) is 105. The number of nitrogen functional groups attached to an aromatic ring is 3. The van der Waals surface area contributed by atoms with E-state index in [9.17, 15) is 63.1 Å². The second-order valence-corrected chi connectivity index (χ2v) is 44.7. The van der Waals surface area contributed by atoms with Gasteiger partial charge >= 0.3 is 58.6 Å². The smallest absolute Gasteiger partial charge is 0.387 e. The summed E-state index contributed by atoms with van der Waals surface area (Å²) < 4.78 is 194. The van der Waals surface area contributed by atoms with Gasteiger partial charge in [-0.1, -0.05) is 6.92 Å². The van der Waals surface area contributed by atoms with Gasteiger partial charge in [0.05, 0.1) is 124 Å². The zero-order valence-electron chi connectivity index (χ0n) is 79.3. The Bertz CT molecular complexity index is 6570. The maximum absolute atomic E-state index is 15.5. The highest BCUT2D eigenvalue weighted by atomic mass is 32.5. The van der Waals surface area contributed by atoms with E-state index in [-0.39, 0.29) is 129 Å². The van der Waals surface area contributed by atoms with Crippen molar-refractivity contribution in [3.63, 3.8) is 0 Å². The van der Waals surface area contributed by atoms with E-state index in [1.807, 2.05) is 0 Å². The molecule has 60 nitrogen and oxygen atoms in total. The molecule has 0 spiro atoms. The Balaban J connectivity index is 0.761. The minimum Gasteiger partial charge on any atom is -0.387 e. The molecule has 6 fully saturated rings. The number of fused-ring (bicyclic) bond motifs is 2. The topological polar surface area (TPSA) is 760 Å². The number of aliphatic hydroxyl groups excluding tert-OH is 1. The molecule has 6 aliphatic heterocycles. The van der Waals surface area contributed by atoms with Gasteiger partial charge in [-0.3, -0.25) is 78.9 Å². The molecule has 0 aliphatic carbocycles. The lowest BCUT2D eigenvalue weighted by molar-refractivity contribution is -0.0850. The standard InChI is InChI=1S/C77H112N19O41P5S3/c1-12-41-42(23-48(127-41)91-24-36(2)61(78)87-74(91)101)133-140(109,143)125-31-46-53(58(119-20-15-114-9)71(130-46)94-27-39(5)67(99)90-77(94)104)135-138(105,106)122-29-44-52(57(118-19-14-113-8)70(129-44)93-26-38(4)66(98)89-76(93)103)134-139(107,108)123-30-45-54(59(120-21-16-115-10)72(131-45)95-34-83-49-63(80)81-33-82-64(49)95)136-142(111,145)126-32-47-55(60(121-22-17-116-11)73(132-47)96-35-84-50-65(96)85-40(6)86-68(50)100)137-141(110,144)124-28-43-51(97)56(117-18-13-112-7)69(128-43)92-25-37(3)62(79)88-75(92)102/h24-27,33-35,41-48,51-60,69-73,97H,12-23,28-32H2,1-11H3,(H,105,106)(H,107,108)(H,109,143)(H,110,144)(H,111,145)(H2,78,87,101)(H2,79,88,102)(H2,80,81,82)(H,85,86,100)(H,89,98,103)(H,90,99,104)/t41-,42?,43-,44-,45-,46-,47-,48-,51?,52?,53?,54?,55?,56+,57+,58+,59+,60+,69-,70-,71-,72-,73-,140?,141?,142?/m1/s1. The van der Waals surface area contributed by atoms with E-state index in [4.69, 9.17) is 174 Å². The number of anilines is 3. The van der Waals surface area contributed by atoms with Crippen molar-refractivity contribution in [1.82, 2.24) is 77.2 Å². The molecule has 0 aromatic carbocycles. The van der Waals surface area contributed by atoms with Gasteiger partial charge in [0.15, 0.2) is 53.8 Å². The number of methoxy groups -OCH3 is 5. The van der Waals surface area contributed by atoms with Crippen LogP contribution in [0.4, 0.5) is 17.5 Å². The Morgan fingerprint density at radius 3 is 1.20 bits per heavy atom. The predicted molar refractivity (Wildman–Crippen MR) is 506 cm³/mol. The largest absolute Gasteiger partial charge is 0.472 e. The molecule has 68 heteroatoms. The number of hydrogen-bond donors (Lipinski definition) is 12. The predicted octanol–water partition coefficient (Wildman–Crippen LogP) is -1.57. The Kier molecular flexibility index (Phi) is 38.1. The Labute approximate surface area is 836 Å². The molecule has 8 aromatic heterocycles. The van der Waals surface area contributed by atoms with Crippen LogP contribution >= 0.6 is 35.8 Å². The molecular formula is C77H112N19O41P5S3. The summed E-state index contributed by atoms with van der Waals surface area (Å²) in [5.41, 5.74) is 12.4. The first kappa shape index (κ1) is 113. The van der Waals surface area contributed by atoms with Gasteiger partial charge in [0.1, 0.15) is 127 Å². The monoisotopic (exact) mass is 2210 g/mol. The third-order valence-electron chi connectivity index (χ3n) is 23.6. The lowest BCUT2D eigenvalue weighted by Crippen LogP contribution is -2.42. The Morgan fingerprint density at radius 2 is 0.759 bits per heavy atom. The molecule has 0 bridgehead atoms. The number of aryl methyl sites for hydroxylation is 5. The first-order valence-corrected chi connectivity index (χ1v) is 55.3. The number of aliphatic hydroxyl groups is 1. The van der Waals surface area contributed by atoms with E-state index in [2.05, 4.69) is 49.8 Å². The molecule has 8 aromatic rings. The number of phosphoric ester groups is 2. The minimum atomic E-state index is -5.94. The molecule has 0 saturated carbocycles. The zero-order valence-corrected chi connectivity index (χ0v) is 86.2. The summed E-state index contributed by atoms with van der Waals surface area (Å²) in [4.78, 5) is 192. The van der Waals surface area contributed by atoms with Crippen LogP contribution in [0.5, 0.6) is 0 Å². The molecule has 6 aliphatic rings. The number of nitrogens with zero attached hydrogens (tertiary/aromatic N) is 13. The van der Waals surface area contributed by atoms with E-state index < -0.39 is 256 Å². The maximum atomic E-state index is 15.5. The molecule has 804 valence electrons. The number of rotatable bonds is 52. The number of nitrogens with one attached hydrogen (secondary N) is 3. The summed E-state index contributed by atoms with van der Waals surface area (Å²) in [6.45, 7) is -12.5. The van der Waals surface area contributed by atoms with Crippen LogP contribution in [0.15, 0.2) is 77.3 Å². The number of ether oxygens (including phenoxy) is 16. The summed E-state index contributed by atoms with van der Waals surface area (Å²) in [7, 11) is -5.09. The highest BCUT2D eigenvalue weighted by molar-refractivity contribution is 8.07. The Hall–Kier alpha value is -7.45. The molecule has 0 radical (unpaired) electrons. The van der Waals surface area contributed by atoms with E-state index in [0.29, 0.717) is 11.1 Å². The van der Waals surface area contributed by atoms with Crippen molar-refractivity contribution in [2.45, 2.75) is 196 Å². The molecule has 11 unspecified atom stereocenters. The van der Waals surface area contributed by atoms with Crippen molar-refractivity contribution >= 4 is 111 Å². The molecular weight excluding hydrogens is 2100 g/mol. The summed E-state index contributed by atoms with van der Waals surface area (Å²) in [6.07, 6.45) is -28.4. The second-order valence-electron chi connectivity index (χ2n) is 33.5. The van der Waals surface area contributed by atoms with Crippen LogP contribution < -0.4 is 56.6 Å². The van der Waals surface area contributed by atoms with Gasteiger partial charge in [-0.25, -0.2) is 53.2 Å². The number of phosphoric acid groups is 2. The summed E-state index contributed by atoms with van der Waals surface area (Å²) in [5.74, 6) is -0.0869. The number of aromatic amines is 3.